The zero-order valence-corrected chi connectivity index (χ0v) is 15.1. The molecule has 1 N–H and O–H groups in total. The standard InChI is InChI=1S/C17H22F3N5O2/c1-2-27-11-24-9-12(8-21-24)22-15(26)10-25-14-7-5-3-4-6-13(14)16(23-25)17(18,19)20/h8-9H,2-7,10-11H2,1H3,(H,22,26). The van der Waals surface area contributed by atoms with E-state index < -0.39 is 17.8 Å². The Bertz CT molecular complexity index is 797. The van der Waals surface area contributed by atoms with Crippen molar-refractivity contribution in [1.29, 1.82) is 0 Å². The molecule has 2 aromatic rings. The summed E-state index contributed by atoms with van der Waals surface area (Å²) in [7, 11) is 0. The van der Waals surface area contributed by atoms with Crippen LogP contribution in [0.25, 0.3) is 0 Å². The number of hydrogen-bond acceptors (Lipinski definition) is 4. The first kappa shape index (κ1) is 19.4. The van der Waals surface area contributed by atoms with E-state index in [2.05, 4.69) is 15.5 Å². The molecular weight excluding hydrogens is 363 g/mol. The summed E-state index contributed by atoms with van der Waals surface area (Å²) in [6, 6.07) is 0. The second-order valence-corrected chi connectivity index (χ2v) is 6.43. The van der Waals surface area contributed by atoms with Crippen LogP contribution in [0.15, 0.2) is 12.4 Å². The van der Waals surface area contributed by atoms with Gasteiger partial charge in [-0.15, -0.1) is 0 Å². The Hall–Kier alpha value is -2.36. The summed E-state index contributed by atoms with van der Waals surface area (Å²) in [5.74, 6) is -0.450. The zero-order valence-electron chi connectivity index (χ0n) is 15.1. The second-order valence-electron chi connectivity index (χ2n) is 6.43. The maximum atomic E-state index is 13.3. The third-order valence-corrected chi connectivity index (χ3v) is 4.41. The molecule has 0 atom stereocenters. The Morgan fingerprint density at radius 2 is 2.07 bits per heavy atom. The van der Waals surface area contributed by atoms with Crippen LogP contribution in [0, 0.1) is 0 Å². The minimum atomic E-state index is -4.52. The molecular formula is C17H22F3N5O2. The van der Waals surface area contributed by atoms with Gasteiger partial charge in [-0.1, -0.05) is 6.42 Å². The van der Waals surface area contributed by atoms with Crippen molar-refractivity contribution in [2.45, 2.75) is 58.5 Å². The number of carbonyl (C=O) groups is 1. The predicted octanol–water partition coefficient (Wildman–Crippen LogP) is 3.00. The number of nitrogens with zero attached hydrogens (tertiary/aromatic N) is 4. The normalized spacial score (nSPS) is 14.7. The van der Waals surface area contributed by atoms with Gasteiger partial charge in [-0.05, 0) is 32.6 Å². The van der Waals surface area contributed by atoms with Gasteiger partial charge >= 0.3 is 6.18 Å². The predicted molar refractivity (Wildman–Crippen MR) is 91.0 cm³/mol. The molecule has 0 saturated heterocycles. The minimum Gasteiger partial charge on any atom is -0.360 e. The van der Waals surface area contributed by atoms with E-state index in [1.807, 2.05) is 6.92 Å². The van der Waals surface area contributed by atoms with E-state index in [4.69, 9.17) is 4.74 Å². The number of amides is 1. The van der Waals surface area contributed by atoms with Crippen molar-refractivity contribution in [3.8, 4) is 0 Å². The molecule has 0 aliphatic heterocycles. The van der Waals surface area contributed by atoms with Crippen molar-refractivity contribution < 1.29 is 22.7 Å². The fourth-order valence-electron chi connectivity index (χ4n) is 3.23. The highest BCUT2D eigenvalue weighted by Crippen LogP contribution is 2.35. The highest BCUT2D eigenvalue weighted by molar-refractivity contribution is 5.90. The lowest BCUT2D eigenvalue weighted by Gasteiger charge is -2.07. The number of halogens is 3. The topological polar surface area (TPSA) is 74.0 Å². The van der Waals surface area contributed by atoms with Crippen molar-refractivity contribution in [2.24, 2.45) is 0 Å². The summed E-state index contributed by atoms with van der Waals surface area (Å²) in [4.78, 5) is 12.3. The summed E-state index contributed by atoms with van der Waals surface area (Å²) < 4.78 is 47.9. The largest absolute Gasteiger partial charge is 0.435 e. The van der Waals surface area contributed by atoms with Crippen LogP contribution in [-0.4, -0.2) is 32.1 Å². The second kappa shape index (κ2) is 8.12. The van der Waals surface area contributed by atoms with Crippen LogP contribution in [0.4, 0.5) is 18.9 Å². The van der Waals surface area contributed by atoms with Gasteiger partial charge in [-0.2, -0.15) is 23.4 Å². The van der Waals surface area contributed by atoms with Crippen molar-refractivity contribution in [3.05, 3.63) is 29.3 Å². The number of rotatable bonds is 6. The molecule has 2 aromatic heterocycles. The number of nitrogens with one attached hydrogen (secondary N) is 1. The fourth-order valence-corrected chi connectivity index (χ4v) is 3.23. The summed E-state index contributed by atoms with van der Waals surface area (Å²) in [6.07, 6.45) is 1.75. The van der Waals surface area contributed by atoms with Gasteiger partial charge in [0, 0.05) is 17.9 Å². The number of carbonyl (C=O) groups excluding carboxylic acids is 1. The van der Waals surface area contributed by atoms with Crippen molar-refractivity contribution in [3.63, 3.8) is 0 Å². The summed E-state index contributed by atoms with van der Waals surface area (Å²) >= 11 is 0. The number of anilines is 1. The maximum Gasteiger partial charge on any atom is 0.435 e. The Balaban J connectivity index is 1.74. The van der Waals surface area contributed by atoms with Gasteiger partial charge in [0.2, 0.25) is 5.91 Å². The van der Waals surface area contributed by atoms with Crippen LogP contribution in [0.1, 0.15) is 43.1 Å². The van der Waals surface area contributed by atoms with Gasteiger partial charge in [0.15, 0.2) is 5.69 Å². The van der Waals surface area contributed by atoms with Crippen molar-refractivity contribution in [1.82, 2.24) is 19.6 Å². The first-order chi connectivity index (χ1) is 12.9. The van der Waals surface area contributed by atoms with Gasteiger partial charge < -0.3 is 10.1 Å². The van der Waals surface area contributed by atoms with Crippen molar-refractivity contribution in [2.75, 3.05) is 11.9 Å². The first-order valence-electron chi connectivity index (χ1n) is 8.94. The fraction of sp³-hybridized carbons (Fsp3) is 0.588. The monoisotopic (exact) mass is 385 g/mol. The summed E-state index contributed by atoms with van der Waals surface area (Å²) in [5, 5.41) is 10.4. The lowest BCUT2D eigenvalue weighted by molar-refractivity contribution is -0.142. The van der Waals surface area contributed by atoms with Crippen LogP contribution in [-0.2, 0) is 41.8 Å². The maximum absolute atomic E-state index is 13.3. The van der Waals surface area contributed by atoms with Gasteiger partial charge in [0.05, 0.1) is 18.1 Å². The van der Waals surface area contributed by atoms with Gasteiger partial charge in [-0.25, -0.2) is 4.68 Å². The van der Waals surface area contributed by atoms with E-state index in [1.165, 1.54) is 15.6 Å². The molecule has 7 nitrogen and oxygen atoms in total. The van der Waals surface area contributed by atoms with Gasteiger partial charge in [0.1, 0.15) is 13.3 Å². The van der Waals surface area contributed by atoms with E-state index in [9.17, 15) is 18.0 Å². The lowest BCUT2D eigenvalue weighted by Crippen LogP contribution is -2.21. The third-order valence-electron chi connectivity index (χ3n) is 4.41. The molecule has 0 fully saturated rings. The molecule has 148 valence electrons. The van der Waals surface area contributed by atoms with Crippen LogP contribution in [0.5, 0.6) is 0 Å². The van der Waals surface area contributed by atoms with E-state index in [0.717, 1.165) is 12.8 Å². The molecule has 0 bridgehead atoms. The van der Waals surface area contributed by atoms with E-state index in [0.29, 0.717) is 37.3 Å². The Morgan fingerprint density at radius 1 is 1.30 bits per heavy atom. The van der Waals surface area contributed by atoms with E-state index >= 15 is 0 Å². The van der Waals surface area contributed by atoms with E-state index in [1.54, 1.807) is 6.20 Å². The molecule has 0 saturated carbocycles. The molecule has 27 heavy (non-hydrogen) atoms. The Labute approximate surface area is 154 Å². The van der Waals surface area contributed by atoms with Gasteiger partial charge in [0.25, 0.3) is 0 Å². The zero-order chi connectivity index (χ0) is 19.4. The van der Waals surface area contributed by atoms with E-state index in [-0.39, 0.29) is 18.8 Å². The number of ether oxygens (including phenoxy) is 1. The highest BCUT2D eigenvalue weighted by atomic mass is 19.4. The molecule has 0 unspecified atom stereocenters. The summed E-state index contributed by atoms with van der Waals surface area (Å²) in [6.45, 7) is 2.38. The number of fused-ring (bicyclic) bond motifs is 1. The molecule has 1 aliphatic carbocycles. The molecule has 1 aliphatic rings. The van der Waals surface area contributed by atoms with Crippen LogP contribution in [0.3, 0.4) is 0 Å². The highest BCUT2D eigenvalue weighted by Gasteiger charge is 2.39. The SMILES string of the molecule is CCOCn1cc(NC(=O)Cn2nc(C(F)(F)F)c3c2CCCCC3)cn1. The number of alkyl halides is 3. The Kier molecular flexibility index (Phi) is 5.83. The van der Waals surface area contributed by atoms with Gasteiger partial charge in [-0.3, -0.25) is 9.48 Å². The number of hydrogen-bond donors (Lipinski definition) is 1. The lowest BCUT2D eigenvalue weighted by atomic mass is 10.1. The molecule has 3 rings (SSSR count). The smallest absolute Gasteiger partial charge is 0.360 e. The molecule has 0 radical (unpaired) electrons. The average molecular weight is 385 g/mol. The Morgan fingerprint density at radius 3 is 2.81 bits per heavy atom. The summed E-state index contributed by atoms with van der Waals surface area (Å²) in [5.41, 5.74) is 0.338. The molecule has 0 spiro atoms. The average Bonchev–Trinajstić information content (AvgIpc) is 3.09. The molecule has 10 heteroatoms. The first-order valence-corrected chi connectivity index (χ1v) is 8.94. The minimum absolute atomic E-state index is 0.234. The third kappa shape index (κ3) is 4.68. The van der Waals surface area contributed by atoms with Crippen LogP contribution >= 0.6 is 0 Å². The van der Waals surface area contributed by atoms with Crippen LogP contribution in [0.2, 0.25) is 0 Å². The molecule has 1 amide bonds. The van der Waals surface area contributed by atoms with Crippen LogP contribution < -0.4 is 5.32 Å². The molecule has 2 heterocycles. The molecule has 0 aromatic carbocycles. The van der Waals surface area contributed by atoms with Crippen molar-refractivity contribution >= 4 is 11.6 Å². The number of aromatic nitrogens is 4. The quantitative estimate of drug-likeness (QED) is 0.776.